The van der Waals surface area contributed by atoms with Crippen LogP contribution in [0.25, 0.3) is 0 Å². The van der Waals surface area contributed by atoms with Crippen LogP contribution in [-0.4, -0.2) is 45.9 Å². The molecule has 0 unspecified atom stereocenters. The normalized spacial score (nSPS) is 23.0. The van der Waals surface area contributed by atoms with Gasteiger partial charge in [0.15, 0.2) is 0 Å². The highest BCUT2D eigenvalue weighted by Gasteiger charge is 2.36. The van der Waals surface area contributed by atoms with E-state index in [-0.39, 0.29) is 18.4 Å². The van der Waals surface area contributed by atoms with E-state index >= 15 is 0 Å². The standard InChI is InChI=1S/C15H21N3O3/c1-3-6-17-9-14(19)18(10(2)15(17)20)8-12-7-13(21-16-12)11-4-5-11/h7,10-11H,3-6,8-9H2,1-2H3/t10-/m0/s1. The Hall–Kier alpha value is -1.85. The number of rotatable bonds is 5. The number of piperazine rings is 1. The van der Waals surface area contributed by atoms with Gasteiger partial charge in [-0.1, -0.05) is 12.1 Å². The summed E-state index contributed by atoms with van der Waals surface area (Å²) in [6, 6.07) is 1.49. The van der Waals surface area contributed by atoms with Gasteiger partial charge in [-0.05, 0) is 26.2 Å². The molecular weight excluding hydrogens is 270 g/mol. The van der Waals surface area contributed by atoms with Crippen LogP contribution in [0.2, 0.25) is 0 Å². The third-order valence-electron chi connectivity index (χ3n) is 4.17. The summed E-state index contributed by atoms with van der Waals surface area (Å²) in [6.07, 6.45) is 3.16. The molecule has 0 bridgehead atoms. The van der Waals surface area contributed by atoms with Crippen LogP contribution in [0.3, 0.4) is 0 Å². The van der Waals surface area contributed by atoms with Crippen molar-refractivity contribution in [1.82, 2.24) is 15.0 Å². The van der Waals surface area contributed by atoms with Crippen molar-refractivity contribution in [3.8, 4) is 0 Å². The van der Waals surface area contributed by atoms with Gasteiger partial charge < -0.3 is 14.3 Å². The second kappa shape index (κ2) is 5.50. The van der Waals surface area contributed by atoms with Gasteiger partial charge in [0.05, 0.1) is 13.1 Å². The Morgan fingerprint density at radius 2 is 2.14 bits per heavy atom. The second-order valence-corrected chi connectivity index (χ2v) is 5.95. The Balaban J connectivity index is 1.69. The van der Waals surface area contributed by atoms with Crippen molar-refractivity contribution in [3.63, 3.8) is 0 Å². The van der Waals surface area contributed by atoms with Gasteiger partial charge in [0.25, 0.3) is 0 Å². The lowest BCUT2D eigenvalue weighted by molar-refractivity contribution is -0.155. The minimum Gasteiger partial charge on any atom is -0.361 e. The first kappa shape index (κ1) is 14.1. The first-order chi connectivity index (χ1) is 10.1. The molecule has 1 aromatic rings. The first-order valence-corrected chi connectivity index (χ1v) is 7.64. The minimum atomic E-state index is -0.432. The topological polar surface area (TPSA) is 66.7 Å². The number of hydrogen-bond donors (Lipinski definition) is 0. The Kier molecular flexibility index (Phi) is 3.69. The van der Waals surface area contributed by atoms with Gasteiger partial charge >= 0.3 is 0 Å². The van der Waals surface area contributed by atoms with E-state index in [4.69, 9.17) is 4.52 Å². The Labute approximate surface area is 124 Å². The van der Waals surface area contributed by atoms with Crippen molar-refractivity contribution in [2.75, 3.05) is 13.1 Å². The quantitative estimate of drug-likeness (QED) is 0.825. The Morgan fingerprint density at radius 1 is 1.38 bits per heavy atom. The van der Waals surface area contributed by atoms with Crippen molar-refractivity contribution < 1.29 is 14.1 Å². The lowest BCUT2D eigenvalue weighted by Crippen LogP contribution is -2.58. The summed E-state index contributed by atoms with van der Waals surface area (Å²) in [4.78, 5) is 27.8. The zero-order chi connectivity index (χ0) is 15.0. The molecule has 2 heterocycles. The smallest absolute Gasteiger partial charge is 0.245 e. The van der Waals surface area contributed by atoms with Gasteiger partial charge in [0.1, 0.15) is 17.5 Å². The highest BCUT2D eigenvalue weighted by molar-refractivity contribution is 5.94. The summed E-state index contributed by atoms with van der Waals surface area (Å²) >= 11 is 0. The summed E-state index contributed by atoms with van der Waals surface area (Å²) in [5.41, 5.74) is 0.730. The number of aromatic nitrogens is 1. The third kappa shape index (κ3) is 2.80. The molecule has 1 atom stereocenters. The summed E-state index contributed by atoms with van der Waals surface area (Å²) in [5.74, 6) is 1.40. The van der Waals surface area contributed by atoms with Crippen molar-refractivity contribution in [2.45, 2.75) is 51.6 Å². The van der Waals surface area contributed by atoms with Crippen LogP contribution < -0.4 is 0 Å². The summed E-state index contributed by atoms with van der Waals surface area (Å²) in [7, 11) is 0. The lowest BCUT2D eigenvalue weighted by Gasteiger charge is -2.38. The maximum absolute atomic E-state index is 12.3. The van der Waals surface area contributed by atoms with Gasteiger partial charge in [0, 0.05) is 18.5 Å². The van der Waals surface area contributed by atoms with Crippen LogP contribution in [-0.2, 0) is 16.1 Å². The predicted molar refractivity (Wildman–Crippen MR) is 75.4 cm³/mol. The maximum Gasteiger partial charge on any atom is 0.245 e. The molecule has 21 heavy (non-hydrogen) atoms. The van der Waals surface area contributed by atoms with Gasteiger partial charge in [0.2, 0.25) is 11.8 Å². The summed E-state index contributed by atoms with van der Waals surface area (Å²) in [6.45, 7) is 4.94. The Bertz CT molecular complexity index is 550. The van der Waals surface area contributed by atoms with E-state index in [9.17, 15) is 9.59 Å². The van der Waals surface area contributed by atoms with E-state index < -0.39 is 6.04 Å². The van der Waals surface area contributed by atoms with Gasteiger partial charge in [-0.2, -0.15) is 0 Å². The molecule has 2 aliphatic rings. The fourth-order valence-electron chi connectivity index (χ4n) is 2.77. The molecule has 1 aliphatic carbocycles. The molecule has 0 aromatic carbocycles. The fourth-order valence-corrected chi connectivity index (χ4v) is 2.77. The van der Waals surface area contributed by atoms with Crippen LogP contribution in [0.15, 0.2) is 10.6 Å². The first-order valence-electron chi connectivity index (χ1n) is 7.64. The van der Waals surface area contributed by atoms with E-state index in [0.29, 0.717) is 19.0 Å². The molecule has 1 aromatic heterocycles. The Morgan fingerprint density at radius 3 is 2.81 bits per heavy atom. The molecule has 6 nitrogen and oxygen atoms in total. The van der Waals surface area contributed by atoms with Crippen molar-refractivity contribution in [3.05, 3.63) is 17.5 Å². The lowest BCUT2D eigenvalue weighted by atomic mass is 10.1. The predicted octanol–water partition coefficient (Wildman–Crippen LogP) is 1.52. The molecule has 0 N–H and O–H groups in total. The molecule has 3 rings (SSSR count). The van der Waals surface area contributed by atoms with Crippen molar-refractivity contribution in [2.24, 2.45) is 0 Å². The van der Waals surface area contributed by atoms with E-state index in [2.05, 4.69) is 5.16 Å². The number of amides is 2. The summed E-state index contributed by atoms with van der Waals surface area (Å²) < 4.78 is 5.30. The van der Waals surface area contributed by atoms with Crippen LogP contribution in [0.5, 0.6) is 0 Å². The van der Waals surface area contributed by atoms with E-state index in [0.717, 1.165) is 30.7 Å². The second-order valence-electron chi connectivity index (χ2n) is 5.95. The molecule has 6 heteroatoms. The van der Waals surface area contributed by atoms with E-state index in [1.807, 2.05) is 13.0 Å². The fraction of sp³-hybridized carbons (Fsp3) is 0.667. The van der Waals surface area contributed by atoms with Gasteiger partial charge in [-0.3, -0.25) is 9.59 Å². The van der Waals surface area contributed by atoms with Crippen LogP contribution in [0.1, 0.15) is 50.5 Å². The van der Waals surface area contributed by atoms with E-state index in [1.165, 1.54) is 0 Å². The molecule has 2 amide bonds. The molecular formula is C15H21N3O3. The maximum atomic E-state index is 12.3. The molecule has 1 saturated carbocycles. The molecule has 1 aliphatic heterocycles. The molecule has 114 valence electrons. The minimum absolute atomic E-state index is 0.0161. The number of nitrogens with zero attached hydrogens (tertiary/aromatic N) is 3. The number of hydrogen-bond acceptors (Lipinski definition) is 4. The van der Waals surface area contributed by atoms with Crippen molar-refractivity contribution in [1.29, 1.82) is 0 Å². The average Bonchev–Trinajstić information content (AvgIpc) is 3.21. The average molecular weight is 291 g/mol. The van der Waals surface area contributed by atoms with Crippen LogP contribution in [0.4, 0.5) is 0 Å². The highest BCUT2D eigenvalue weighted by Crippen LogP contribution is 2.40. The highest BCUT2D eigenvalue weighted by atomic mass is 16.5. The van der Waals surface area contributed by atoms with Gasteiger partial charge in [-0.15, -0.1) is 0 Å². The summed E-state index contributed by atoms with van der Waals surface area (Å²) in [5, 5.41) is 4.03. The molecule has 0 radical (unpaired) electrons. The van der Waals surface area contributed by atoms with E-state index in [1.54, 1.807) is 16.7 Å². The van der Waals surface area contributed by atoms with Crippen LogP contribution in [0, 0.1) is 0 Å². The SMILES string of the molecule is CCCN1CC(=O)N(Cc2cc(C3CC3)on2)[C@@H](C)C1=O. The molecule has 0 spiro atoms. The third-order valence-corrected chi connectivity index (χ3v) is 4.17. The monoisotopic (exact) mass is 291 g/mol. The van der Waals surface area contributed by atoms with Crippen molar-refractivity contribution >= 4 is 11.8 Å². The van der Waals surface area contributed by atoms with Gasteiger partial charge in [-0.25, -0.2) is 0 Å². The largest absolute Gasteiger partial charge is 0.361 e. The zero-order valence-electron chi connectivity index (χ0n) is 12.5. The zero-order valence-corrected chi connectivity index (χ0v) is 12.5. The van der Waals surface area contributed by atoms with Crippen LogP contribution >= 0.6 is 0 Å². The number of carbonyl (C=O) groups is 2. The number of carbonyl (C=O) groups excluding carboxylic acids is 2. The molecule has 2 fully saturated rings. The molecule has 1 saturated heterocycles.